The molecule has 1 saturated heterocycles. The quantitative estimate of drug-likeness (QED) is 0.757. The minimum Gasteiger partial charge on any atom is -0.317 e. The van der Waals surface area contributed by atoms with Crippen LogP contribution in [0.1, 0.15) is 38.9 Å². The van der Waals surface area contributed by atoms with Crippen molar-refractivity contribution in [1.29, 1.82) is 0 Å². The van der Waals surface area contributed by atoms with Gasteiger partial charge in [0.25, 0.3) is 0 Å². The molecule has 0 bridgehead atoms. The summed E-state index contributed by atoms with van der Waals surface area (Å²) in [5, 5.41) is 3.35. The second-order valence-corrected chi connectivity index (χ2v) is 5.09. The van der Waals surface area contributed by atoms with E-state index in [1.165, 1.54) is 17.7 Å². The van der Waals surface area contributed by atoms with Gasteiger partial charge in [-0.05, 0) is 44.8 Å². The standard InChI is InChI=1S/C11H15NOS/c1-8-10(7-13)6-11(14-8)9-2-4-12-5-3-9/h6-7,9,12H,2-5H2,1H3. The van der Waals surface area contributed by atoms with Crippen molar-refractivity contribution in [2.45, 2.75) is 25.7 Å². The number of carbonyl (C=O) groups is 1. The van der Waals surface area contributed by atoms with Crippen molar-refractivity contribution in [3.63, 3.8) is 0 Å². The summed E-state index contributed by atoms with van der Waals surface area (Å²) in [6.07, 6.45) is 3.38. The van der Waals surface area contributed by atoms with E-state index >= 15 is 0 Å². The Labute approximate surface area is 88.3 Å². The minimum atomic E-state index is 0.675. The van der Waals surface area contributed by atoms with E-state index in [9.17, 15) is 4.79 Å². The van der Waals surface area contributed by atoms with E-state index in [1.54, 1.807) is 11.3 Å². The predicted molar refractivity (Wildman–Crippen MR) is 59.3 cm³/mol. The summed E-state index contributed by atoms with van der Waals surface area (Å²) in [5.41, 5.74) is 0.878. The van der Waals surface area contributed by atoms with Crippen LogP contribution in [0.2, 0.25) is 0 Å². The maximum Gasteiger partial charge on any atom is 0.151 e. The maximum atomic E-state index is 10.7. The second kappa shape index (κ2) is 4.24. The van der Waals surface area contributed by atoms with Crippen molar-refractivity contribution in [3.05, 3.63) is 21.4 Å². The van der Waals surface area contributed by atoms with Gasteiger partial charge in [0.15, 0.2) is 6.29 Å². The van der Waals surface area contributed by atoms with Gasteiger partial charge in [-0.15, -0.1) is 11.3 Å². The Morgan fingerprint density at radius 2 is 2.21 bits per heavy atom. The van der Waals surface area contributed by atoms with Crippen molar-refractivity contribution in [1.82, 2.24) is 5.32 Å². The number of hydrogen-bond acceptors (Lipinski definition) is 3. The molecule has 1 aliphatic heterocycles. The minimum absolute atomic E-state index is 0.675. The number of aldehydes is 1. The fourth-order valence-electron chi connectivity index (χ4n) is 1.94. The van der Waals surface area contributed by atoms with E-state index in [4.69, 9.17) is 0 Å². The molecule has 1 fully saturated rings. The molecule has 0 unspecified atom stereocenters. The van der Waals surface area contributed by atoms with Crippen LogP contribution in [0.5, 0.6) is 0 Å². The molecule has 2 nitrogen and oxygen atoms in total. The Kier molecular flexibility index (Phi) is 2.99. The molecule has 1 aromatic rings. The molecule has 1 aliphatic rings. The molecule has 0 radical (unpaired) electrons. The van der Waals surface area contributed by atoms with Gasteiger partial charge in [0.1, 0.15) is 0 Å². The van der Waals surface area contributed by atoms with E-state index in [0.717, 1.165) is 29.8 Å². The van der Waals surface area contributed by atoms with Crippen LogP contribution < -0.4 is 5.32 Å². The predicted octanol–water partition coefficient (Wildman–Crippen LogP) is 2.34. The largest absolute Gasteiger partial charge is 0.317 e. The van der Waals surface area contributed by atoms with Gasteiger partial charge in [-0.3, -0.25) is 4.79 Å². The van der Waals surface area contributed by atoms with Crippen LogP contribution in [0.15, 0.2) is 6.07 Å². The summed E-state index contributed by atoms with van der Waals surface area (Å²) < 4.78 is 0. The zero-order valence-electron chi connectivity index (χ0n) is 8.38. The lowest BCUT2D eigenvalue weighted by atomic mass is 9.96. The highest BCUT2D eigenvalue weighted by atomic mass is 32.1. The number of nitrogens with one attached hydrogen (secondary N) is 1. The van der Waals surface area contributed by atoms with E-state index in [0.29, 0.717) is 5.92 Å². The topological polar surface area (TPSA) is 29.1 Å². The highest BCUT2D eigenvalue weighted by Gasteiger charge is 2.18. The van der Waals surface area contributed by atoms with E-state index < -0.39 is 0 Å². The van der Waals surface area contributed by atoms with Crippen LogP contribution in [0.4, 0.5) is 0 Å². The fourth-order valence-corrected chi connectivity index (χ4v) is 3.11. The fraction of sp³-hybridized carbons (Fsp3) is 0.545. The number of aryl methyl sites for hydroxylation is 1. The molecule has 0 aliphatic carbocycles. The molecular weight excluding hydrogens is 194 g/mol. The highest BCUT2D eigenvalue weighted by Crippen LogP contribution is 2.32. The summed E-state index contributed by atoms with van der Waals surface area (Å²) in [6, 6.07) is 2.07. The lowest BCUT2D eigenvalue weighted by Gasteiger charge is -2.21. The Bertz CT molecular complexity index is 326. The summed E-state index contributed by atoms with van der Waals surface area (Å²) in [4.78, 5) is 13.3. The highest BCUT2D eigenvalue weighted by molar-refractivity contribution is 7.12. The third kappa shape index (κ3) is 1.88. The van der Waals surface area contributed by atoms with Crippen molar-refractivity contribution < 1.29 is 4.79 Å². The molecule has 76 valence electrons. The van der Waals surface area contributed by atoms with Crippen molar-refractivity contribution in [3.8, 4) is 0 Å². The van der Waals surface area contributed by atoms with Gasteiger partial charge in [-0.1, -0.05) is 0 Å². The Balaban J connectivity index is 2.18. The van der Waals surface area contributed by atoms with Crippen LogP contribution in [-0.4, -0.2) is 19.4 Å². The second-order valence-electron chi connectivity index (χ2n) is 3.80. The first-order chi connectivity index (χ1) is 6.81. The van der Waals surface area contributed by atoms with Gasteiger partial charge >= 0.3 is 0 Å². The van der Waals surface area contributed by atoms with E-state index in [1.807, 2.05) is 6.92 Å². The molecule has 0 aromatic carbocycles. The van der Waals surface area contributed by atoms with Gasteiger partial charge in [0.05, 0.1) is 0 Å². The van der Waals surface area contributed by atoms with Gasteiger partial charge in [0, 0.05) is 15.3 Å². The molecule has 2 heterocycles. The first-order valence-electron chi connectivity index (χ1n) is 5.07. The molecule has 0 spiro atoms. The van der Waals surface area contributed by atoms with Crippen molar-refractivity contribution in [2.75, 3.05) is 13.1 Å². The normalized spacial score (nSPS) is 18.4. The molecule has 1 aromatic heterocycles. The summed E-state index contributed by atoms with van der Waals surface area (Å²) in [5.74, 6) is 0.675. The summed E-state index contributed by atoms with van der Waals surface area (Å²) in [6.45, 7) is 4.25. The first-order valence-corrected chi connectivity index (χ1v) is 5.89. The first kappa shape index (κ1) is 9.87. The molecule has 2 rings (SSSR count). The van der Waals surface area contributed by atoms with Gasteiger partial charge in [0.2, 0.25) is 0 Å². The number of thiophene rings is 1. The Morgan fingerprint density at radius 1 is 1.50 bits per heavy atom. The Hall–Kier alpha value is -0.670. The maximum absolute atomic E-state index is 10.7. The molecule has 1 N–H and O–H groups in total. The van der Waals surface area contributed by atoms with Crippen LogP contribution in [0, 0.1) is 6.92 Å². The zero-order chi connectivity index (χ0) is 9.97. The monoisotopic (exact) mass is 209 g/mol. The number of carbonyl (C=O) groups excluding carboxylic acids is 1. The van der Waals surface area contributed by atoms with Crippen molar-refractivity contribution in [2.24, 2.45) is 0 Å². The third-order valence-corrected chi connectivity index (χ3v) is 4.07. The zero-order valence-corrected chi connectivity index (χ0v) is 9.19. The lowest BCUT2D eigenvalue weighted by molar-refractivity contribution is 0.112. The summed E-state index contributed by atoms with van der Waals surface area (Å²) >= 11 is 1.79. The van der Waals surface area contributed by atoms with Crippen LogP contribution >= 0.6 is 11.3 Å². The average molecular weight is 209 g/mol. The molecule has 0 saturated carbocycles. The lowest BCUT2D eigenvalue weighted by Crippen LogP contribution is -2.26. The molecule has 14 heavy (non-hydrogen) atoms. The smallest absolute Gasteiger partial charge is 0.151 e. The molecule has 3 heteroatoms. The van der Waals surface area contributed by atoms with Crippen molar-refractivity contribution >= 4 is 17.6 Å². The van der Waals surface area contributed by atoms with Gasteiger partial charge in [-0.25, -0.2) is 0 Å². The van der Waals surface area contributed by atoms with E-state index in [2.05, 4.69) is 11.4 Å². The molecule has 0 amide bonds. The Morgan fingerprint density at radius 3 is 2.79 bits per heavy atom. The third-order valence-electron chi connectivity index (χ3n) is 2.84. The number of hydrogen-bond donors (Lipinski definition) is 1. The van der Waals surface area contributed by atoms with Gasteiger partial charge < -0.3 is 5.32 Å². The van der Waals surface area contributed by atoms with Crippen LogP contribution in [-0.2, 0) is 0 Å². The molecular formula is C11H15NOS. The molecule has 0 atom stereocenters. The average Bonchev–Trinajstić information content (AvgIpc) is 2.61. The number of rotatable bonds is 2. The van der Waals surface area contributed by atoms with Crippen LogP contribution in [0.25, 0.3) is 0 Å². The van der Waals surface area contributed by atoms with E-state index in [-0.39, 0.29) is 0 Å². The van der Waals surface area contributed by atoms with Gasteiger partial charge in [-0.2, -0.15) is 0 Å². The van der Waals surface area contributed by atoms with Crippen LogP contribution in [0.3, 0.4) is 0 Å². The SMILES string of the molecule is Cc1sc(C2CCNCC2)cc1C=O. The number of piperidine rings is 1. The summed E-state index contributed by atoms with van der Waals surface area (Å²) in [7, 11) is 0.